The number of benzene rings is 1. The van der Waals surface area contributed by atoms with E-state index in [-0.39, 0.29) is 11.7 Å². The number of rotatable bonds is 4. The first kappa shape index (κ1) is 12.9. The van der Waals surface area contributed by atoms with Crippen molar-refractivity contribution >= 4 is 11.6 Å². The molecular weight excluding hydrogens is 268 g/mol. The van der Waals surface area contributed by atoms with Gasteiger partial charge in [0.1, 0.15) is 11.4 Å². The minimum Gasteiger partial charge on any atom is -0.459 e. The van der Waals surface area contributed by atoms with Gasteiger partial charge in [0.25, 0.3) is 5.91 Å². The van der Waals surface area contributed by atoms with Crippen molar-refractivity contribution in [2.45, 2.75) is 0 Å². The lowest BCUT2D eigenvalue weighted by Crippen LogP contribution is -2.11. The third-order valence-corrected chi connectivity index (χ3v) is 2.72. The lowest BCUT2D eigenvalue weighted by Gasteiger charge is -2.10. The van der Waals surface area contributed by atoms with Gasteiger partial charge in [-0.1, -0.05) is 18.2 Å². The number of nitrogens with zero attached hydrogens (tertiary/aromatic N) is 1. The van der Waals surface area contributed by atoms with Gasteiger partial charge >= 0.3 is 0 Å². The topological polar surface area (TPSA) is 64.4 Å². The standard InChI is InChI=1S/C16H12N2O3/c19-15(14-9-5-11-20-14)18-13-8-4-10-17-16(13)21-12-6-2-1-3-7-12/h1-11H,(H,18,19). The maximum absolute atomic E-state index is 12.0. The van der Waals surface area contributed by atoms with Crippen LogP contribution in [0.15, 0.2) is 71.5 Å². The van der Waals surface area contributed by atoms with Crippen LogP contribution in [-0.4, -0.2) is 10.9 Å². The molecule has 0 saturated heterocycles. The Hall–Kier alpha value is -3.08. The molecule has 3 rings (SSSR count). The van der Waals surface area contributed by atoms with E-state index in [0.29, 0.717) is 17.3 Å². The highest BCUT2D eigenvalue weighted by Crippen LogP contribution is 2.26. The van der Waals surface area contributed by atoms with Gasteiger partial charge in [-0.15, -0.1) is 0 Å². The minimum atomic E-state index is -0.356. The van der Waals surface area contributed by atoms with E-state index in [1.54, 1.807) is 30.5 Å². The molecule has 0 spiro atoms. The van der Waals surface area contributed by atoms with E-state index in [1.165, 1.54) is 6.26 Å². The Morgan fingerprint density at radius 1 is 1.05 bits per heavy atom. The Morgan fingerprint density at radius 2 is 1.90 bits per heavy atom. The molecule has 3 aromatic rings. The summed E-state index contributed by atoms with van der Waals surface area (Å²) in [6, 6.07) is 15.9. The Bertz CT molecular complexity index is 724. The highest BCUT2D eigenvalue weighted by Gasteiger charge is 2.13. The summed E-state index contributed by atoms with van der Waals surface area (Å²) >= 11 is 0. The molecule has 2 heterocycles. The fourth-order valence-corrected chi connectivity index (χ4v) is 1.76. The number of carbonyl (C=O) groups is 1. The molecule has 5 nitrogen and oxygen atoms in total. The van der Waals surface area contributed by atoms with Gasteiger partial charge in [0, 0.05) is 6.20 Å². The van der Waals surface area contributed by atoms with Crippen LogP contribution in [-0.2, 0) is 0 Å². The first-order valence-corrected chi connectivity index (χ1v) is 6.36. The number of aromatic nitrogens is 1. The SMILES string of the molecule is O=C(Nc1cccnc1Oc1ccccc1)c1ccco1. The molecule has 5 heteroatoms. The number of hydrogen-bond donors (Lipinski definition) is 1. The molecule has 0 radical (unpaired) electrons. The van der Waals surface area contributed by atoms with Crippen LogP contribution in [0.4, 0.5) is 5.69 Å². The van der Waals surface area contributed by atoms with E-state index >= 15 is 0 Å². The summed E-state index contributed by atoms with van der Waals surface area (Å²) < 4.78 is 10.7. The zero-order valence-corrected chi connectivity index (χ0v) is 11.0. The number of ether oxygens (including phenoxy) is 1. The number of para-hydroxylation sites is 1. The summed E-state index contributed by atoms with van der Waals surface area (Å²) in [6.45, 7) is 0. The van der Waals surface area contributed by atoms with Gasteiger partial charge < -0.3 is 14.5 Å². The second-order valence-electron chi connectivity index (χ2n) is 4.20. The Morgan fingerprint density at radius 3 is 2.67 bits per heavy atom. The van der Waals surface area contributed by atoms with E-state index in [0.717, 1.165) is 0 Å². The molecule has 0 aliphatic heterocycles. The van der Waals surface area contributed by atoms with Crippen LogP contribution in [0.3, 0.4) is 0 Å². The van der Waals surface area contributed by atoms with Gasteiger partial charge in [-0.2, -0.15) is 0 Å². The first-order chi connectivity index (χ1) is 10.3. The third kappa shape index (κ3) is 3.09. The maximum Gasteiger partial charge on any atom is 0.291 e. The number of furan rings is 1. The number of carbonyl (C=O) groups excluding carboxylic acids is 1. The van der Waals surface area contributed by atoms with Crippen LogP contribution >= 0.6 is 0 Å². The molecule has 0 bridgehead atoms. The van der Waals surface area contributed by atoms with Crippen molar-refractivity contribution in [3.63, 3.8) is 0 Å². The van der Waals surface area contributed by atoms with Gasteiger partial charge in [0.05, 0.1) is 6.26 Å². The molecular formula is C16H12N2O3. The number of amides is 1. The van der Waals surface area contributed by atoms with E-state index in [9.17, 15) is 4.79 Å². The molecule has 0 saturated carbocycles. The summed E-state index contributed by atoms with van der Waals surface area (Å²) in [5, 5.41) is 2.71. The average Bonchev–Trinajstić information content (AvgIpc) is 3.05. The van der Waals surface area contributed by atoms with Crippen molar-refractivity contribution in [2.75, 3.05) is 5.32 Å². The van der Waals surface area contributed by atoms with Crippen molar-refractivity contribution in [1.29, 1.82) is 0 Å². The largest absolute Gasteiger partial charge is 0.459 e. The quantitative estimate of drug-likeness (QED) is 0.791. The lowest BCUT2D eigenvalue weighted by atomic mass is 10.3. The van der Waals surface area contributed by atoms with Crippen molar-refractivity contribution in [1.82, 2.24) is 4.98 Å². The number of nitrogens with one attached hydrogen (secondary N) is 1. The van der Waals surface area contributed by atoms with Gasteiger partial charge in [-0.3, -0.25) is 4.79 Å². The monoisotopic (exact) mass is 280 g/mol. The van der Waals surface area contributed by atoms with Gasteiger partial charge in [-0.25, -0.2) is 4.98 Å². The average molecular weight is 280 g/mol. The van der Waals surface area contributed by atoms with Crippen LogP contribution in [0.2, 0.25) is 0 Å². The number of hydrogen-bond acceptors (Lipinski definition) is 4. The summed E-state index contributed by atoms with van der Waals surface area (Å²) in [6.07, 6.45) is 3.04. The fourth-order valence-electron chi connectivity index (χ4n) is 1.76. The molecule has 0 fully saturated rings. The first-order valence-electron chi connectivity index (χ1n) is 6.36. The third-order valence-electron chi connectivity index (χ3n) is 2.72. The lowest BCUT2D eigenvalue weighted by molar-refractivity contribution is 0.0996. The van der Waals surface area contributed by atoms with E-state index in [1.807, 2.05) is 30.3 Å². The van der Waals surface area contributed by atoms with Crippen LogP contribution in [0, 0.1) is 0 Å². The second-order valence-corrected chi connectivity index (χ2v) is 4.20. The van der Waals surface area contributed by atoms with Gasteiger partial charge in [0.15, 0.2) is 5.76 Å². The summed E-state index contributed by atoms with van der Waals surface area (Å²) in [5.41, 5.74) is 0.475. The van der Waals surface area contributed by atoms with E-state index < -0.39 is 0 Å². The number of anilines is 1. The molecule has 21 heavy (non-hydrogen) atoms. The minimum absolute atomic E-state index is 0.226. The van der Waals surface area contributed by atoms with E-state index in [4.69, 9.17) is 9.15 Å². The Labute approximate surface area is 121 Å². The molecule has 0 unspecified atom stereocenters. The molecule has 104 valence electrons. The molecule has 1 amide bonds. The molecule has 1 N–H and O–H groups in total. The molecule has 2 aromatic heterocycles. The van der Waals surface area contributed by atoms with Crippen LogP contribution in [0.1, 0.15) is 10.6 Å². The summed E-state index contributed by atoms with van der Waals surface area (Å²) in [7, 11) is 0. The van der Waals surface area contributed by atoms with Crippen LogP contribution in [0.25, 0.3) is 0 Å². The molecule has 0 aliphatic carbocycles. The molecule has 1 aromatic carbocycles. The van der Waals surface area contributed by atoms with Crippen molar-refractivity contribution in [2.24, 2.45) is 0 Å². The normalized spacial score (nSPS) is 10.1. The van der Waals surface area contributed by atoms with E-state index in [2.05, 4.69) is 10.3 Å². The predicted molar refractivity (Wildman–Crippen MR) is 77.4 cm³/mol. The predicted octanol–water partition coefficient (Wildman–Crippen LogP) is 3.72. The van der Waals surface area contributed by atoms with Crippen molar-refractivity contribution < 1.29 is 13.9 Å². The highest BCUT2D eigenvalue weighted by atomic mass is 16.5. The molecule has 0 aliphatic rings. The van der Waals surface area contributed by atoms with Crippen molar-refractivity contribution in [3.05, 3.63) is 72.8 Å². The number of pyridine rings is 1. The van der Waals surface area contributed by atoms with Crippen LogP contribution in [0.5, 0.6) is 11.6 Å². The maximum atomic E-state index is 12.0. The van der Waals surface area contributed by atoms with Crippen molar-refractivity contribution in [3.8, 4) is 11.6 Å². The zero-order chi connectivity index (χ0) is 14.5. The Kier molecular flexibility index (Phi) is 3.64. The van der Waals surface area contributed by atoms with Gasteiger partial charge in [0.2, 0.25) is 5.88 Å². The van der Waals surface area contributed by atoms with Crippen LogP contribution < -0.4 is 10.1 Å². The summed E-state index contributed by atoms with van der Waals surface area (Å²) in [5.74, 6) is 0.837. The van der Waals surface area contributed by atoms with Gasteiger partial charge in [-0.05, 0) is 36.4 Å². The fraction of sp³-hybridized carbons (Fsp3) is 0. The smallest absolute Gasteiger partial charge is 0.291 e. The summed E-state index contributed by atoms with van der Waals surface area (Å²) in [4.78, 5) is 16.1. The molecule has 0 atom stereocenters. The zero-order valence-electron chi connectivity index (χ0n) is 11.0. The highest BCUT2D eigenvalue weighted by molar-refractivity contribution is 6.02. The second kappa shape index (κ2) is 5.92. The Balaban J connectivity index is 1.81.